The Labute approximate surface area is 106 Å². The third-order valence-electron chi connectivity index (χ3n) is 3.67. The van der Waals surface area contributed by atoms with Gasteiger partial charge in [0.1, 0.15) is 11.4 Å². The lowest BCUT2D eigenvalue weighted by Crippen LogP contribution is -2.19. The number of hydrogen-bond acceptors (Lipinski definition) is 1. The molecule has 0 aliphatic carbocycles. The monoisotopic (exact) mass is 235 g/mol. The molecule has 0 radical (unpaired) electrons. The lowest BCUT2D eigenvalue weighted by Gasteiger charge is -2.23. The van der Waals surface area contributed by atoms with Gasteiger partial charge in [0.15, 0.2) is 7.05 Å². The van der Waals surface area contributed by atoms with E-state index in [-0.39, 0.29) is 0 Å². The Morgan fingerprint density at radius 3 is 2.56 bits per heavy atom. The average Bonchev–Trinajstić information content (AvgIpc) is 2.75. The van der Waals surface area contributed by atoms with Crippen molar-refractivity contribution < 1.29 is 4.58 Å². The minimum atomic E-state index is 1.18. The first kappa shape index (κ1) is 9.63. The van der Waals surface area contributed by atoms with Gasteiger partial charge in [0.25, 0.3) is 11.4 Å². The highest BCUT2D eigenvalue weighted by Crippen LogP contribution is 2.49. The second-order valence-corrected chi connectivity index (χ2v) is 4.69. The van der Waals surface area contributed by atoms with E-state index in [1.807, 2.05) is 7.05 Å². The molecular weight excluding hydrogens is 222 g/mol. The van der Waals surface area contributed by atoms with Crippen molar-refractivity contribution in [2.75, 3.05) is 19.0 Å². The van der Waals surface area contributed by atoms with Crippen LogP contribution in [0, 0.1) is 0 Å². The maximum Gasteiger partial charge on any atom is 0.496 e. The normalized spacial score (nSPS) is 14.9. The zero-order valence-corrected chi connectivity index (χ0v) is 10.4. The predicted molar refractivity (Wildman–Crippen MR) is 73.3 cm³/mol. The fourth-order valence-corrected chi connectivity index (χ4v) is 2.78. The van der Waals surface area contributed by atoms with Crippen LogP contribution in [0.1, 0.15) is 0 Å². The van der Waals surface area contributed by atoms with Gasteiger partial charge in [-0.1, -0.05) is 22.8 Å². The highest BCUT2D eigenvalue weighted by molar-refractivity contribution is 5.95. The second-order valence-electron chi connectivity index (χ2n) is 4.69. The van der Waals surface area contributed by atoms with Crippen molar-refractivity contribution in [3.05, 3.63) is 42.5 Å². The maximum atomic E-state index is 3.38. The SMILES string of the molecule is CN1c2ccccc2[N+]2=C=[N+](C)c3cccc1c32. The number of fused-ring (bicyclic) bond motifs is 2. The van der Waals surface area contributed by atoms with E-state index in [2.05, 4.69) is 69.6 Å². The molecule has 3 heteroatoms. The van der Waals surface area contributed by atoms with Crippen molar-refractivity contribution in [2.24, 2.45) is 0 Å². The zero-order valence-electron chi connectivity index (χ0n) is 10.4. The quantitative estimate of drug-likeness (QED) is 0.638. The predicted octanol–water partition coefficient (Wildman–Crippen LogP) is 3.06. The Morgan fingerprint density at radius 1 is 0.944 bits per heavy atom. The van der Waals surface area contributed by atoms with Crippen LogP contribution in [0.15, 0.2) is 42.5 Å². The zero-order chi connectivity index (χ0) is 12.3. The van der Waals surface area contributed by atoms with Crippen LogP contribution in [0.2, 0.25) is 0 Å². The highest BCUT2D eigenvalue weighted by Gasteiger charge is 2.42. The van der Waals surface area contributed by atoms with Gasteiger partial charge in [-0.25, -0.2) is 0 Å². The van der Waals surface area contributed by atoms with Crippen LogP contribution in [0.4, 0.5) is 28.4 Å². The summed E-state index contributed by atoms with van der Waals surface area (Å²) in [4.78, 5) is 2.24. The van der Waals surface area contributed by atoms with Gasteiger partial charge in [-0.05, 0) is 16.7 Å². The average molecular weight is 235 g/mol. The van der Waals surface area contributed by atoms with Crippen molar-refractivity contribution in [3.63, 3.8) is 0 Å². The van der Waals surface area contributed by atoms with Gasteiger partial charge >= 0.3 is 11.7 Å². The Morgan fingerprint density at radius 2 is 1.67 bits per heavy atom. The molecule has 0 saturated heterocycles. The first-order valence-corrected chi connectivity index (χ1v) is 6.03. The van der Waals surface area contributed by atoms with Crippen molar-refractivity contribution in [2.45, 2.75) is 0 Å². The molecule has 0 N–H and O–H groups in total. The lowest BCUT2D eigenvalue weighted by atomic mass is 10.1. The molecule has 0 amide bonds. The minimum absolute atomic E-state index is 1.18. The summed E-state index contributed by atoms with van der Waals surface area (Å²) in [7, 11) is 4.15. The van der Waals surface area contributed by atoms with Gasteiger partial charge in [-0.3, -0.25) is 0 Å². The smallest absolute Gasteiger partial charge is 0.333 e. The molecule has 0 fully saturated rings. The Hall–Kier alpha value is -2.38. The van der Waals surface area contributed by atoms with Gasteiger partial charge < -0.3 is 4.90 Å². The van der Waals surface area contributed by atoms with E-state index in [1.54, 1.807) is 0 Å². The maximum absolute atomic E-state index is 3.38. The Balaban J connectivity index is 2.16. The van der Waals surface area contributed by atoms with Crippen LogP contribution in [-0.4, -0.2) is 24.7 Å². The molecule has 3 nitrogen and oxygen atoms in total. The standard InChI is InChI=1S/C15H13N3/c1-16-10-18-12-7-4-3-6-11(12)17(2)14-9-5-8-13(16)15(14)18/h3-9H,1-2H3/q+2. The van der Waals surface area contributed by atoms with E-state index in [4.69, 9.17) is 0 Å². The first-order valence-electron chi connectivity index (χ1n) is 6.03. The van der Waals surface area contributed by atoms with Crippen molar-refractivity contribution >= 4 is 34.4 Å². The molecule has 0 unspecified atom stereocenters. The summed E-state index contributed by atoms with van der Waals surface area (Å²) in [6, 6.07) is 18.2. The highest BCUT2D eigenvalue weighted by atomic mass is 15.3. The molecule has 2 aromatic carbocycles. The topological polar surface area (TPSA) is 9.26 Å². The number of para-hydroxylation sites is 3. The Bertz CT molecular complexity index is 752. The van der Waals surface area contributed by atoms with Crippen LogP contribution in [0.3, 0.4) is 0 Å². The van der Waals surface area contributed by atoms with Gasteiger partial charge in [-0.15, -0.1) is 0 Å². The van der Waals surface area contributed by atoms with Crippen LogP contribution >= 0.6 is 0 Å². The summed E-state index contributed by atoms with van der Waals surface area (Å²) in [6.07, 6.45) is 0. The fraction of sp³-hybridized carbons (Fsp3) is 0.133. The van der Waals surface area contributed by atoms with E-state index >= 15 is 0 Å². The molecule has 2 aromatic rings. The summed E-state index contributed by atoms with van der Waals surface area (Å²) >= 11 is 0. The number of nitrogens with zero attached hydrogens (tertiary/aromatic N) is 3. The molecule has 2 aliphatic rings. The molecular formula is C15H13N3+2. The largest absolute Gasteiger partial charge is 0.496 e. The van der Waals surface area contributed by atoms with E-state index in [0.717, 1.165) is 0 Å². The molecule has 0 saturated carbocycles. The number of benzene rings is 2. The Kier molecular flexibility index (Phi) is 1.65. The third kappa shape index (κ3) is 0.998. The molecule has 86 valence electrons. The van der Waals surface area contributed by atoms with Crippen LogP contribution in [0.25, 0.3) is 0 Å². The number of anilines is 2. The fourth-order valence-electron chi connectivity index (χ4n) is 2.78. The van der Waals surface area contributed by atoms with E-state index in [9.17, 15) is 0 Å². The van der Waals surface area contributed by atoms with Gasteiger partial charge in [0.05, 0.1) is 0 Å². The van der Waals surface area contributed by atoms with Crippen molar-refractivity contribution in [3.8, 4) is 0 Å². The van der Waals surface area contributed by atoms with E-state index in [0.29, 0.717) is 0 Å². The third-order valence-corrected chi connectivity index (χ3v) is 3.67. The first-order chi connectivity index (χ1) is 8.77. The summed E-state index contributed by atoms with van der Waals surface area (Å²) < 4.78 is 4.20. The molecule has 18 heavy (non-hydrogen) atoms. The van der Waals surface area contributed by atoms with Crippen LogP contribution < -0.4 is 9.48 Å². The molecule has 4 rings (SSSR count). The minimum Gasteiger partial charge on any atom is -0.333 e. The van der Waals surface area contributed by atoms with Gasteiger partial charge in [0, 0.05) is 19.2 Å². The van der Waals surface area contributed by atoms with Gasteiger partial charge in [-0.2, -0.15) is 0 Å². The van der Waals surface area contributed by atoms with Crippen molar-refractivity contribution in [1.82, 2.24) is 4.58 Å². The second kappa shape index (κ2) is 3.09. The van der Waals surface area contributed by atoms with E-state index in [1.165, 1.54) is 28.4 Å². The summed E-state index contributed by atoms with van der Waals surface area (Å²) in [5.41, 5.74) is 6.05. The number of rotatable bonds is 0. The molecule has 2 heterocycles. The summed E-state index contributed by atoms with van der Waals surface area (Å²) in [5.74, 6) is 0. The van der Waals surface area contributed by atoms with Gasteiger partial charge in [0.2, 0.25) is 0 Å². The molecule has 0 atom stereocenters. The molecule has 2 aliphatic heterocycles. The van der Waals surface area contributed by atoms with Crippen LogP contribution in [0.5, 0.6) is 0 Å². The molecule has 0 bridgehead atoms. The summed E-state index contributed by atoms with van der Waals surface area (Å²) in [6.45, 7) is 0. The number of hydrogen-bond donors (Lipinski definition) is 0. The van der Waals surface area contributed by atoms with Crippen molar-refractivity contribution in [1.29, 1.82) is 0 Å². The summed E-state index contributed by atoms with van der Waals surface area (Å²) in [5, 5.41) is 0. The van der Waals surface area contributed by atoms with Crippen LogP contribution in [-0.2, 0) is 0 Å². The lowest BCUT2D eigenvalue weighted by molar-refractivity contribution is -0.394. The molecule has 0 aromatic heterocycles. The molecule has 0 spiro atoms. The van der Waals surface area contributed by atoms with E-state index < -0.39 is 0 Å².